The molecule has 9 rings (SSSR count). The maximum absolute atomic E-state index is 8.65. The van der Waals surface area contributed by atoms with Gasteiger partial charge in [0.15, 0.2) is 0 Å². The van der Waals surface area contributed by atoms with Crippen molar-refractivity contribution < 1.29 is 25.9 Å². The zero-order valence-electron chi connectivity index (χ0n) is 37.8. The van der Waals surface area contributed by atoms with Crippen LogP contribution >= 0.6 is 0 Å². The molecule has 4 heterocycles. The Morgan fingerprint density at radius 3 is 2.03 bits per heavy atom. The van der Waals surface area contributed by atoms with E-state index in [1.54, 1.807) is 0 Å². The van der Waals surface area contributed by atoms with Gasteiger partial charge in [0.25, 0.3) is 0 Å². The van der Waals surface area contributed by atoms with E-state index in [4.69, 9.17) is 15.8 Å². The van der Waals surface area contributed by atoms with Crippen LogP contribution < -0.4 is 5.19 Å². The summed E-state index contributed by atoms with van der Waals surface area (Å²) in [5, 5.41) is 3.25. The number of furan rings is 1. The Hall–Kier alpha value is -5.46. The van der Waals surface area contributed by atoms with E-state index in [0.29, 0.717) is 17.5 Å². The second-order valence-corrected chi connectivity index (χ2v) is 22.7. The zero-order chi connectivity index (χ0) is 43.2. The summed E-state index contributed by atoms with van der Waals surface area (Å²) in [5.41, 5.74) is 14.7. The van der Waals surface area contributed by atoms with Gasteiger partial charge in [0, 0.05) is 44.4 Å². The van der Waals surface area contributed by atoms with Crippen LogP contribution in [0.15, 0.2) is 132 Å². The second-order valence-electron chi connectivity index (χ2n) is 17.6. The number of nitrogens with zero attached hydrogens (tertiary/aromatic N) is 4. The first-order valence-electron chi connectivity index (χ1n) is 21.5. The van der Waals surface area contributed by atoms with Crippen LogP contribution in [0, 0.1) is 19.1 Å². The molecule has 5 nitrogen and oxygen atoms in total. The molecule has 0 aliphatic rings. The summed E-state index contributed by atoms with van der Waals surface area (Å²) in [6.07, 6.45) is 1.98. The third-order valence-electron chi connectivity index (χ3n) is 11.2. The fourth-order valence-corrected chi connectivity index (χ4v) is 9.62. The van der Waals surface area contributed by atoms with Gasteiger partial charge in [-0.3, -0.25) is 4.98 Å². The molecule has 9 aromatic rings. The number of rotatable bonds is 8. The summed E-state index contributed by atoms with van der Waals surface area (Å²) in [5.74, 6) is 0.971. The fourth-order valence-electron chi connectivity index (χ4n) is 8.04. The van der Waals surface area contributed by atoms with Gasteiger partial charge in [-0.25, -0.2) is 4.98 Å². The van der Waals surface area contributed by atoms with Crippen molar-refractivity contribution in [3.05, 3.63) is 162 Å². The minimum Gasteiger partial charge on any atom is -0.486 e. The molecule has 0 saturated heterocycles. The molecular weight excluding hydrogens is 941 g/mol. The van der Waals surface area contributed by atoms with Gasteiger partial charge in [0.2, 0.25) is 5.71 Å². The SMILES string of the molecule is CC(C)c1cc(-c2ccccc2)cc(C(C)C)c1-n1c(-c2[c-]cccc2)nc2ccccc21.[2H]C(C)(C)c1cc(-c2[c-]cc3oc4nc(C)ccc4c3c2)ncc1[Si](C)(C)C.[Ir]. The predicted molar refractivity (Wildman–Crippen MR) is 254 cm³/mol. The molecule has 0 amide bonds. The smallest absolute Gasteiger partial charge is 0.216 e. The van der Waals surface area contributed by atoms with Gasteiger partial charge >= 0.3 is 0 Å². The molecule has 4 aromatic heterocycles. The van der Waals surface area contributed by atoms with Crippen LogP contribution in [0.1, 0.15) is 83.0 Å². The Balaban J connectivity index is 0.000000186. The van der Waals surface area contributed by atoms with Gasteiger partial charge in [0.1, 0.15) is 0 Å². The second kappa shape index (κ2) is 17.9. The number of benzene rings is 5. The molecule has 0 aliphatic heterocycles. The average Bonchev–Trinajstić information content (AvgIpc) is 3.81. The van der Waals surface area contributed by atoms with Crippen LogP contribution in [-0.2, 0) is 20.1 Å². The Bertz CT molecular complexity index is 2980. The maximum Gasteiger partial charge on any atom is 0.216 e. The summed E-state index contributed by atoms with van der Waals surface area (Å²) < 4.78 is 16.9. The van der Waals surface area contributed by atoms with Crippen LogP contribution in [0.3, 0.4) is 0 Å². The van der Waals surface area contributed by atoms with Crippen LogP contribution in [0.25, 0.3) is 72.6 Å². The Kier molecular flexibility index (Phi) is 12.4. The standard InChI is InChI=1S/C31H29N2.C23H25N2OSi.Ir/c1-21(2)26-19-25(23-13-7-5-8-14-23)20-27(22(3)4)30(26)33-29-18-12-11-17-28(29)32-31(33)24-15-9-6-10-16-24;1-14(2)18-12-20(24-13-22(18)27(4,5)6)16-8-10-21-19(11-16)17-9-7-15(3)25-23(17)26-21;/h5-15,17-22H,1-4H3;7,9-14H,1-6H3;/q2*-1;/i;14D;. The van der Waals surface area contributed by atoms with Gasteiger partial charge in [-0.1, -0.05) is 121 Å². The van der Waals surface area contributed by atoms with E-state index >= 15 is 0 Å². The summed E-state index contributed by atoms with van der Waals surface area (Å²) in [6, 6.07) is 48.7. The average molecular weight is 996 g/mol. The van der Waals surface area contributed by atoms with Gasteiger partial charge in [0.05, 0.1) is 30.5 Å². The molecule has 0 unspecified atom stereocenters. The third kappa shape index (κ3) is 8.83. The molecule has 0 spiro atoms. The van der Waals surface area contributed by atoms with Crippen molar-refractivity contribution in [1.82, 2.24) is 19.5 Å². The van der Waals surface area contributed by atoms with E-state index in [2.05, 4.69) is 160 Å². The molecular formula is C54H54IrN4OSi-2. The molecule has 0 aliphatic carbocycles. The van der Waals surface area contributed by atoms with Crippen molar-refractivity contribution in [2.45, 2.75) is 85.8 Å². The Labute approximate surface area is 377 Å². The molecule has 0 bridgehead atoms. The maximum atomic E-state index is 8.65. The number of hydrogen-bond acceptors (Lipinski definition) is 4. The van der Waals surface area contributed by atoms with Gasteiger partial charge in [-0.2, -0.15) is 0 Å². The molecule has 0 N–H and O–H groups in total. The number of aryl methyl sites for hydroxylation is 1. The van der Waals surface area contributed by atoms with E-state index in [9.17, 15) is 0 Å². The first kappa shape index (κ1) is 42.2. The summed E-state index contributed by atoms with van der Waals surface area (Å²) >= 11 is 0. The monoisotopic (exact) mass is 996 g/mol. The fraction of sp³-hybridized carbons (Fsp3) is 0.241. The zero-order valence-corrected chi connectivity index (χ0v) is 40.2. The number of aromatic nitrogens is 4. The van der Waals surface area contributed by atoms with Crippen molar-refractivity contribution in [3.63, 3.8) is 0 Å². The molecule has 1 radical (unpaired) electrons. The summed E-state index contributed by atoms with van der Waals surface area (Å²) in [4.78, 5) is 14.3. The topological polar surface area (TPSA) is 56.7 Å². The van der Waals surface area contributed by atoms with Crippen LogP contribution in [0.2, 0.25) is 19.6 Å². The van der Waals surface area contributed by atoms with Crippen molar-refractivity contribution in [3.8, 4) is 39.5 Å². The Morgan fingerprint density at radius 2 is 1.38 bits per heavy atom. The molecule has 5 aromatic carbocycles. The largest absolute Gasteiger partial charge is 0.486 e. The van der Waals surface area contributed by atoms with Crippen LogP contribution in [-0.4, -0.2) is 27.6 Å². The normalized spacial score (nSPS) is 12.2. The number of hydrogen-bond donors (Lipinski definition) is 0. The van der Waals surface area contributed by atoms with E-state index < -0.39 is 14.0 Å². The van der Waals surface area contributed by atoms with Crippen LogP contribution in [0.4, 0.5) is 0 Å². The molecule has 0 saturated carbocycles. The van der Waals surface area contributed by atoms with E-state index in [0.717, 1.165) is 61.3 Å². The molecule has 0 fully saturated rings. The van der Waals surface area contributed by atoms with Crippen molar-refractivity contribution in [2.75, 3.05) is 0 Å². The van der Waals surface area contributed by atoms with Crippen molar-refractivity contribution in [2.24, 2.45) is 0 Å². The quantitative estimate of drug-likeness (QED) is 0.112. The summed E-state index contributed by atoms with van der Waals surface area (Å²) in [7, 11) is -1.60. The minimum atomic E-state index is -1.60. The molecule has 311 valence electrons. The van der Waals surface area contributed by atoms with E-state index in [-0.39, 0.29) is 20.1 Å². The van der Waals surface area contributed by atoms with Gasteiger partial charge in [-0.05, 0) is 94.2 Å². The first-order chi connectivity index (χ1) is 29.1. The molecule has 61 heavy (non-hydrogen) atoms. The first-order valence-corrected chi connectivity index (χ1v) is 24.5. The predicted octanol–water partition coefficient (Wildman–Crippen LogP) is 14.2. The number of fused-ring (bicyclic) bond motifs is 4. The minimum absolute atomic E-state index is 0. The molecule has 0 atom stereocenters. The third-order valence-corrected chi connectivity index (χ3v) is 13.2. The van der Waals surface area contributed by atoms with E-state index in [1.165, 1.54) is 33.1 Å². The number of imidazole rings is 1. The van der Waals surface area contributed by atoms with Gasteiger partial charge < -0.3 is 14.0 Å². The number of para-hydroxylation sites is 2. The summed E-state index contributed by atoms with van der Waals surface area (Å²) in [6.45, 7) is 21.9. The van der Waals surface area contributed by atoms with Crippen molar-refractivity contribution in [1.29, 1.82) is 0 Å². The van der Waals surface area contributed by atoms with Crippen LogP contribution in [0.5, 0.6) is 0 Å². The van der Waals surface area contributed by atoms with Gasteiger partial charge in [-0.15, -0.1) is 59.7 Å². The van der Waals surface area contributed by atoms with E-state index in [1.807, 2.05) is 57.3 Å². The van der Waals surface area contributed by atoms with Crippen molar-refractivity contribution >= 4 is 46.4 Å². The Morgan fingerprint density at radius 1 is 0.689 bits per heavy atom. The molecule has 7 heteroatoms. The number of pyridine rings is 2.